The van der Waals surface area contributed by atoms with Crippen molar-refractivity contribution in [1.82, 2.24) is 10.3 Å². The SMILES string of the molecule is FC1=CN(c2ccnc(Br)c2)CN1. The molecule has 0 fully saturated rings. The largest absolute Gasteiger partial charge is 0.343 e. The maximum Gasteiger partial charge on any atom is 0.204 e. The average Bonchev–Trinajstić information content (AvgIpc) is 2.52. The lowest BCUT2D eigenvalue weighted by molar-refractivity contribution is 0.573. The van der Waals surface area contributed by atoms with Gasteiger partial charge in [0.2, 0.25) is 5.95 Å². The summed E-state index contributed by atoms with van der Waals surface area (Å²) >= 11 is 3.25. The van der Waals surface area contributed by atoms with E-state index in [0.29, 0.717) is 6.67 Å². The molecule has 3 nitrogen and oxygen atoms in total. The molecule has 0 atom stereocenters. The molecular weight excluding hydrogens is 237 g/mol. The molecule has 0 spiro atoms. The first kappa shape index (κ1) is 8.50. The number of nitrogens with zero attached hydrogens (tertiary/aromatic N) is 2. The minimum atomic E-state index is -0.312. The van der Waals surface area contributed by atoms with Crippen molar-refractivity contribution in [2.75, 3.05) is 11.6 Å². The summed E-state index contributed by atoms with van der Waals surface area (Å²) in [7, 11) is 0. The highest BCUT2D eigenvalue weighted by molar-refractivity contribution is 9.10. The standard InChI is InChI=1S/C8H7BrFN3/c9-7-3-6(1-2-11-7)13-4-8(10)12-5-13/h1-4,12H,5H2. The van der Waals surface area contributed by atoms with Crippen LogP contribution in [0.3, 0.4) is 0 Å². The second-order valence-corrected chi connectivity index (χ2v) is 3.43. The molecule has 0 amide bonds. The molecule has 1 aromatic heterocycles. The number of rotatable bonds is 1. The Labute approximate surface area is 83.4 Å². The van der Waals surface area contributed by atoms with Crippen molar-refractivity contribution in [3.8, 4) is 0 Å². The van der Waals surface area contributed by atoms with Crippen molar-refractivity contribution in [1.29, 1.82) is 0 Å². The molecule has 2 heterocycles. The van der Waals surface area contributed by atoms with Crippen LogP contribution in [0.4, 0.5) is 10.1 Å². The van der Waals surface area contributed by atoms with E-state index < -0.39 is 0 Å². The molecule has 0 unspecified atom stereocenters. The fraction of sp³-hybridized carbons (Fsp3) is 0.125. The second kappa shape index (κ2) is 3.33. The first-order valence-electron chi connectivity index (χ1n) is 3.75. The van der Waals surface area contributed by atoms with Crippen molar-refractivity contribution < 1.29 is 4.39 Å². The molecule has 1 aromatic rings. The lowest BCUT2D eigenvalue weighted by Gasteiger charge is -2.13. The summed E-state index contributed by atoms with van der Waals surface area (Å²) in [5.41, 5.74) is 0.905. The van der Waals surface area contributed by atoms with Gasteiger partial charge in [0.05, 0.1) is 12.9 Å². The van der Waals surface area contributed by atoms with E-state index in [2.05, 4.69) is 26.2 Å². The van der Waals surface area contributed by atoms with Crippen molar-refractivity contribution >= 4 is 21.6 Å². The van der Waals surface area contributed by atoms with Gasteiger partial charge in [-0.25, -0.2) is 4.98 Å². The van der Waals surface area contributed by atoms with Crippen LogP contribution < -0.4 is 10.2 Å². The van der Waals surface area contributed by atoms with E-state index in [-0.39, 0.29) is 5.95 Å². The van der Waals surface area contributed by atoms with Gasteiger partial charge in [0.25, 0.3) is 0 Å². The Morgan fingerprint density at radius 1 is 1.62 bits per heavy atom. The Morgan fingerprint density at radius 2 is 2.46 bits per heavy atom. The van der Waals surface area contributed by atoms with Crippen LogP contribution in [0.15, 0.2) is 35.1 Å². The van der Waals surface area contributed by atoms with Gasteiger partial charge in [0.15, 0.2) is 0 Å². The van der Waals surface area contributed by atoms with Crippen molar-refractivity contribution in [3.63, 3.8) is 0 Å². The third kappa shape index (κ3) is 1.80. The molecule has 1 aliphatic heterocycles. The van der Waals surface area contributed by atoms with Crippen molar-refractivity contribution in [3.05, 3.63) is 35.1 Å². The third-order valence-electron chi connectivity index (χ3n) is 1.73. The Kier molecular flexibility index (Phi) is 2.18. The van der Waals surface area contributed by atoms with Gasteiger partial charge >= 0.3 is 0 Å². The molecule has 1 N–H and O–H groups in total. The zero-order valence-electron chi connectivity index (χ0n) is 6.67. The van der Waals surface area contributed by atoms with E-state index in [9.17, 15) is 4.39 Å². The molecular formula is C8H7BrFN3. The van der Waals surface area contributed by atoms with Gasteiger partial charge in [0.1, 0.15) is 4.60 Å². The summed E-state index contributed by atoms with van der Waals surface area (Å²) in [6, 6.07) is 3.65. The van der Waals surface area contributed by atoms with Crippen LogP contribution in [-0.2, 0) is 0 Å². The molecule has 0 aliphatic carbocycles. The Balaban J connectivity index is 2.26. The van der Waals surface area contributed by atoms with Crippen LogP contribution in [0.1, 0.15) is 0 Å². The number of halogens is 2. The minimum Gasteiger partial charge on any atom is -0.343 e. The summed E-state index contributed by atoms with van der Waals surface area (Å²) < 4.78 is 13.4. The topological polar surface area (TPSA) is 28.2 Å². The van der Waals surface area contributed by atoms with Crippen LogP contribution in [0, 0.1) is 0 Å². The molecule has 0 bridgehead atoms. The van der Waals surface area contributed by atoms with Crippen molar-refractivity contribution in [2.24, 2.45) is 0 Å². The zero-order chi connectivity index (χ0) is 9.26. The first-order chi connectivity index (χ1) is 6.25. The van der Waals surface area contributed by atoms with Crippen molar-refractivity contribution in [2.45, 2.75) is 0 Å². The van der Waals surface area contributed by atoms with Gasteiger partial charge in [0, 0.05) is 11.9 Å². The Bertz CT molecular complexity index is 353. The molecule has 0 saturated carbocycles. The summed E-state index contributed by atoms with van der Waals surface area (Å²) in [5.74, 6) is -0.312. The molecule has 13 heavy (non-hydrogen) atoms. The molecule has 68 valence electrons. The number of hydrogen-bond donors (Lipinski definition) is 1. The van der Waals surface area contributed by atoms with E-state index in [0.717, 1.165) is 10.3 Å². The normalized spacial score (nSPS) is 15.5. The number of hydrogen-bond acceptors (Lipinski definition) is 3. The predicted octanol–water partition coefficient (Wildman–Crippen LogP) is 1.98. The fourth-order valence-corrected chi connectivity index (χ4v) is 1.48. The summed E-state index contributed by atoms with van der Waals surface area (Å²) in [6.07, 6.45) is 3.09. The quantitative estimate of drug-likeness (QED) is 0.604. The molecule has 0 radical (unpaired) electrons. The fourth-order valence-electron chi connectivity index (χ4n) is 1.13. The maximum absolute atomic E-state index is 12.6. The van der Waals surface area contributed by atoms with Gasteiger partial charge in [-0.3, -0.25) is 0 Å². The highest BCUT2D eigenvalue weighted by Crippen LogP contribution is 2.20. The van der Waals surface area contributed by atoms with Gasteiger partial charge in [-0.1, -0.05) is 0 Å². The third-order valence-corrected chi connectivity index (χ3v) is 2.16. The Hall–Kier alpha value is -1.10. The van der Waals surface area contributed by atoms with Gasteiger partial charge in [-0.2, -0.15) is 4.39 Å². The van der Waals surface area contributed by atoms with E-state index >= 15 is 0 Å². The van der Waals surface area contributed by atoms with Crippen LogP contribution in [0.25, 0.3) is 0 Å². The molecule has 5 heteroatoms. The summed E-state index contributed by atoms with van der Waals surface area (Å²) in [4.78, 5) is 5.75. The van der Waals surface area contributed by atoms with Gasteiger partial charge in [-0.05, 0) is 28.1 Å². The van der Waals surface area contributed by atoms with Gasteiger partial charge < -0.3 is 10.2 Å². The number of anilines is 1. The number of aromatic nitrogens is 1. The average molecular weight is 244 g/mol. The van der Waals surface area contributed by atoms with E-state index in [4.69, 9.17) is 0 Å². The van der Waals surface area contributed by atoms with Crippen LogP contribution in [-0.4, -0.2) is 11.7 Å². The van der Waals surface area contributed by atoms with Crippen LogP contribution >= 0.6 is 15.9 Å². The van der Waals surface area contributed by atoms with E-state index in [1.54, 1.807) is 11.1 Å². The first-order valence-corrected chi connectivity index (χ1v) is 4.54. The molecule has 2 rings (SSSR count). The summed E-state index contributed by atoms with van der Waals surface area (Å²) in [5, 5.41) is 2.57. The number of pyridine rings is 1. The highest BCUT2D eigenvalue weighted by atomic mass is 79.9. The lowest BCUT2D eigenvalue weighted by atomic mass is 10.4. The highest BCUT2D eigenvalue weighted by Gasteiger charge is 2.12. The second-order valence-electron chi connectivity index (χ2n) is 2.62. The van der Waals surface area contributed by atoms with E-state index in [1.165, 1.54) is 6.20 Å². The molecule has 0 saturated heterocycles. The maximum atomic E-state index is 12.6. The Morgan fingerprint density at radius 3 is 3.08 bits per heavy atom. The monoisotopic (exact) mass is 243 g/mol. The minimum absolute atomic E-state index is 0.312. The van der Waals surface area contributed by atoms with Crippen LogP contribution in [0.5, 0.6) is 0 Å². The van der Waals surface area contributed by atoms with E-state index in [1.807, 2.05) is 12.1 Å². The zero-order valence-corrected chi connectivity index (χ0v) is 8.25. The molecule has 1 aliphatic rings. The smallest absolute Gasteiger partial charge is 0.204 e. The van der Waals surface area contributed by atoms with Gasteiger partial charge in [-0.15, -0.1) is 0 Å². The predicted molar refractivity (Wildman–Crippen MR) is 51.6 cm³/mol. The summed E-state index contributed by atoms with van der Waals surface area (Å²) in [6.45, 7) is 0.461. The number of nitrogens with one attached hydrogen (secondary N) is 1. The lowest BCUT2D eigenvalue weighted by Crippen LogP contribution is -2.20. The van der Waals surface area contributed by atoms with Crippen LogP contribution in [0.2, 0.25) is 0 Å². The molecule has 0 aromatic carbocycles.